The summed E-state index contributed by atoms with van der Waals surface area (Å²) in [5, 5.41) is 14.8. The Bertz CT molecular complexity index is 996. The Labute approximate surface area is 199 Å². The van der Waals surface area contributed by atoms with Gasteiger partial charge in [-0.15, -0.1) is 0 Å². The maximum absolute atomic E-state index is 12.4. The SMILES string of the molecule is COc1cccc(C2CCN(CCc3ccccc3N3CCCCC3=O)C2)c1.O=C(O)C(=O)O. The maximum Gasteiger partial charge on any atom is 0.414 e. The Morgan fingerprint density at radius 3 is 2.50 bits per heavy atom. The van der Waals surface area contributed by atoms with E-state index in [2.05, 4.69) is 47.4 Å². The first-order valence-electron chi connectivity index (χ1n) is 11.6. The molecule has 34 heavy (non-hydrogen) atoms. The number of carboxylic acids is 2. The van der Waals surface area contributed by atoms with E-state index in [1.807, 2.05) is 11.0 Å². The molecule has 2 aliphatic heterocycles. The molecule has 0 bridgehead atoms. The fourth-order valence-corrected chi connectivity index (χ4v) is 4.53. The first kappa shape index (κ1) is 25.2. The van der Waals surface area contributed by atoms with E-state index in [0.717, 1.165) is 56.9 Å². The number of anilines is 1. The Morgan fingerprint density at radius 2 is 1.79 bits per heavy atom. The average molecular weight is 469 g/mol. The number of rotatable bonds is 6. The normalized spacial score (nSPS) is 18.2. The zero-order valence-corrected chi connectivity index (χ0v) is 19.5. The summed E-state index contributed by atoms with van der Waals surface area (Å²) < 4.78 is 5.38. The van der Waals surface area contributed by atoms with Crippen molar-refractivity contribution in [1.29, 1.82) is 0 Å². The van der Waals surface area contributed by atoms with Crippen molar-refractivity contribution in [1.82, 2.24) is 4.90 Å². The Kier molecular flexibility index (Phi) is 9.04. The topological polar surface area (TPSA) is 107 Å². The van der Waals surface area contributed by atoms with Gasteiger partial charge in [0.1, 0.15) is 5.75 Å². The summed E-state index contributed by atoms with van der Waals surface area (Å²) in [4.78, 5) is 35.1. The lowest BCUT2D eigenvalue weighted by atomic mass is 9.98. The molecule has 2 aliphatic rings. The number of carbonyl (C=O) groups excluding carboxylic acids is 1. The zero-order valence-electron chi connectivity index (χ0n) is 19.5. The van der Waals surface area contributed by atoms with Crippen molar-refractivity contribution in [2.75, 3.05) is 38.2 Å². The molecule has 1 atom stereocenters. The van der Waals surface area contributed by atoms with E-state index in [-0.39, 0.29) is 5.91 Å². The van der Waals surface area contributed by atoms with Crippen LogP contribution in [-0.4, -0.2) is 66.2 Å². The third-order valence-electron chi connectivity index (χ3n) is 6.32. The molecule has 8 heteroatoms. The number of ether oxygens (including phenoxy) is 1. The van der Waals surface area contributed by atoms with Crippen LogP contribution in [0.1, 0.15) is 42.7 Å². The molecular formula is C26H32N2O6. The van der Waals surface area contributed by atoms with Gasteiger partial charge in [0.2, 0.25) is 5.91 Å². The smallest absolute Gasteiger partial charge is 0.414 e. The standard InChI is InChI=1S/C24H30N2O2.C2H2O4/c1-28-22-9-6-8-20(17-22)21-13-16-25(18-21)15-12-19-7-2-3-10-23(19)26-14-5-4-11-24(26)27;3-1(4)2(5)6/h2-3,6-10,17,21H,4-5,11-16,18H2,1H3;(H,3,4)(H,5,6). The van der Waals surface area contributed by atoms with E-state index in [4.69, 9.17) is 24.5 Å². The number of para-hydroxylation sites is 1. The van der Waals surface area contributed by atoms with Gasteiger partial charge in [0.15, 0.2) is 0 Å². The summed E-state index contributed by atoms with van der Waals surface area (Å²) in [6.45, 7) is 4.13. The number of aliphatic carboxylic acids is 2. The third kappa shape index (κ3) is 6.81. The van der Waals surface area contributed by atoms with Gasteiger partial charge in [-0.3, -0.25) is 4.79 Å². The van der Waals surface area contributed by atoms with Crippen LogP contribution in [0.4, 0.5) is 5.69 Å². The van der Waals surface area contributed by atoms with Crippen molar-refractivity contribution in [2.24, 2.45) is 0 Å². The van der Waals surface area contributed by atoms with Crippen LogP contribution in [0.15, 0.2) is 48.5 Å². The molecule has 0 aromatic heterocycles. The van der Waals surface area contributed by atoms with Gasteiger partial charge in [-0.25, -0.2) is 9.59 Å². The number of hydrogen-bond acceptors (Lipinski definition) is 5. The Hall–Kier alpha value is -3.39. The molecule has 8 nitrogen and oxygen atoms in total. The monoisotopic (exact) mass is 468 g/mol. The number of hydrogen-bond donors (Lipinski definition) is 2. The molecule has 2 aromatic rings. The minimum atomic E-state index is -1.82. The lowest BCUT2D eigenvalue weighted by Gasteiger charge is -2.29. The number of nitrogens with zero attached hydrogens (tertiary/aromatic N) is 2. The molecule has 1 unspecified atom stereocenters. The van der Waals surface area contributed by atoms with Crippen molar-refractivity contribution in [3.05, 3.63) is 59.7 Å². The van der Waals surface area contributed by atoms with Crippen LogP contribution in [0, 0.1) is 0 Å². The van der Waals surface area contributed by atoms with Crippen LogP contribution in [-0.2, 0) is 20.8 Å². The van der Waals surface area contributed by atoms with Crippen LogP contribution in [0.25, 0.3) is 0 Å². The number of likely N-dealkylation sites (tertiary alicyclic amines) is 1. The fourth-order valence-electron chi connectivity index (χ4n) is 4.53. The number of piperidine rings is 1. The molecule has 2 aromatic carbocycles. The highest BCUT2D eigenvalue weighted by Crippen LogP contribution is 2.30. The summed E-state index contributed by atoms with van der Waals surface area (Å²) in [6.07, 6.45) is 5.00. The van der Waals surface area contributed by atoms with Crippen LogP contribution in [0.5, 0.6) is 5.75 Å². The minimum absolute atomic E-state index is 0.276. The van der Waals surface area contributed by atoms with Crippen molar-refractivity contribution in [2.45, 2.75) is 38.0 Å². The predicted octanol–water partition coefficient (Wildman–Crippen LogP) is 3.40. The lowest BCUT2D eigenvalue weighted by molar-refractivity contribution is -0.159. The van der Waals surface area contributed by atoms with Gasteiger partial charge in [-0.1, -0.05) is 30.3 Å². The van der Waals surface area contributed by atoms with Crippen LogP contribution in [0.2, 0.25) is 0 Å². The largest absolute Gasteiger partial charge is 0.497 e. The van der Waals surface area contributed by atoms with Crippen LogP contribution in [0.3, 0.4) is 0 Å². The highest BCUT2D eigenvalue weighted by Gasteiger charge is 2.25. The second-order valence-electron chi connectivity index (χ2n) is 8.55. The van der Waals surface area contributed by atoms with Crippen molar-refractivity contribution >= 4 is 23.5 Å². The molecular weight excluding hydrogens is 436 g/mol. The second-order valence-corrected chi connectivity index (χ2v) is 8.55. The maximum atomic E-state index is 12.4. The molecule has 0 aliphatic carbocycles. The molecule has 0 saturated carbocycles. The van der Waals surface area contributed by atoms with E-state index < -0.39 is 11.9 Å². The van der Waals surface area contributed by atoms with Gasteiger partial charge in [0.05, 0.1) is 7.11 Å². The van der Waals surface area contributed by atoms with E-state index >= 15 is 0 Å². The number of amides is 1. The van der Waals surface area contributed by atoms with Crippen molar-refractivity contribution in [3.63, 3.8) is 0 Å². The first-order chi connectivity index (χ1) is 16.4. The number of carboxylic acid groups (broad SMARTS) is 2. The predicted molar refractivity (Wildman–Crippen MR) is 128 cm³/mol. The number of benzene rings is 2. The lowest BCUT2D eigenvalue weighted by Crippen LogP contribution is -2.36. The number of methoxy groups -OCH3 is 1. The molecule has 0 radical (unpaired) electrons. The summed E-state index contributed by atoms with van der Waals surface area (Å²) in [7, 11) is 1.73. The summed E-state index contributed by atoms with van der Waals surface area (Å²) in [6, 6.07) is 16.9. The van der Waals surface area contributed by atoms with E-state index in [1.165, 1.54) is 17.5 Å². The molecule has 2 N–H and O–H groups in total. The summed E-state index contributed by atoms with van der Waals surface area (Å²) >= 11 is 0. The third-order valence-corrected chi connectivity index (χ3v) is 6.32. The van der Waals surface area contributed by atoms with Gasteiger partial charge in [-0.05, 0) is 67.5 Å². The van der Waals surface area contributed by atoms with Gasteiger partial charge in [0.25, 0.3) is 0 Å². The highest BCUT2D eigenvalue weighted by atomic mass is 16.5. The van der Waals surface area contributed by atoms with Gasteiger partial charge in [-0.2, -0.15) is 0 Å². The van der Waals surface area contributed by atoms with Crippen LogP contribution >= 0.6 is 0 Å². The van der Waals surface area contributed by atoms with Gasteiger partial charge >= 0.3 is 11.9 Å². The molecule has 2 heterocycles. The van der Waals surface area contributed by atoms with Crippen molar-refractivity contribution < 1.29 is 29.3 Å². The average Bonchev–Trinajstić information content (AvgIpc) is 3.33. The quantitative estimate of drug-likeness (QED) is 0.626. The van der Waals surface area contributed by atoms with Crippen molar-refractivity contribution in [3.8, 4) is 5.75 Å². The van der Waals surface area contributed by atoms with E-state index in [0.29, 0.717) is 12.3 Å². The number of carbonyl (C=O) groups is 3. The zero-order chi connectivity index (χ0) is 24.5. The van der Waals surface area contributed by atoms with E-state index in [1.54, 1.807) is 7.11 Å². The second kappa shape index (κ2) is 12.2. The summed E-state index contributed by atoms with van der Waals surface area (Å²) in [5.41, 5.74) is 3.79. The Balaban J connectivity index is 0.000000481. The first-order valence-corrected chi connectivity index (χ1v) is 11.6. The molecule has 1 amide bonds. The highest BCUT2D eigenvalue weighted by molar-refractivity contribution is 6.27. The van der Waals surface area contributed by atoms with Gasteiger partial charge < -0.3 is 24.7 Å². The van der Waals surface area contributed by atoms with Crippen LogP contribution < -0.4 is 9.64 Å². The summed E-state index contributed by atoms with van der Waals surface area (Å²) in [5.74, 6) is -1.85. The van der Waals surface area contributed by atoms with Gasteiger partial charge in [0, 0.05) is 31.7 Å². The molecule has 4 rings (SSSR count). The van der Waals surface area contributed by atoms with E-state index in [9.17, 15) is 4.79 Å². The molecule has 0 spiro atoms. The Morgan fingerprint density at radius 1 is 1.03 bits per heavy atom. The molecule has 182 valence electrons. The fraction of sp³-hybridized carbons (Fsp3) is 0.423. The molecule has 2 fully saturated rings. The molecule has 2 saturated heterocycles. The minimum Gasteiger partial charge on any atom is -0.497 e.